The zero-order chi connectivity index (χ0) is 26.2. The van der Waals surface area contributed by atoms with Crippen LogP contribution in [0.4, 0.5) is 5.82 Å². The number of aliphatic hydroxyl groups excluding tert-OH is 1. The molecule has 0 bridgehead atoms. The molecule has 196 valence electrons. The first-order chi connectivity index (χ1) is 18.0. The summed E-state index contributed by atoms with van der Waals surface area (Å²) in [7, 11) is 1.33. The van der Waals surface area contributed by atoms with Crippen molar-refractivity contribution in [3.63, 3.8) is 0 Å². The quantitative estimate of drug-likeness (QED) is 0.265. The zero-order valence-electron chi connectivity index (χ0n) is 20.8. The van der Waals surface area contributed by atoms with E-state index in [4.69, 9.17) is 15.2 Å². The molecule has 1 aromatic heterocycles. The Morgan fingerprint density at radius 2 is 1.86 bits per heavy atom. The molecule has 1 fully saturated rings. The molecule has 0 radical (unpaired) electrons. The Balaban J connectivity index is 1.44. The molecule has 0 spiro atoms. The Bertz CT molecular complexity index is 1160. The molecule has 2 heterocycles. The van der Waals surface area contributed by atoms with Crippen molar-refractivity contribution < 1.29 is 24.2 Å². The molecule has 3 aromatic rings. The maximum Gasteiger partial charge on any atom is 0.328 e. The highest BCUT2D eigenvalue weighted by Crippen LogP contribution is 2.28. The molecule has 4 atom stereocenters. The van der Waals surface area contributed by atoms with Crippen molar-refractivity contribution in [1.29, 1.82) is 0 Å². The van der Waals surface area contributed by atoms with Crippen molar-refractivity contribution in [2.24, 2.45) is 5.73 Å². The minimum Gasteiger partial charge on any atom is -0.467 e. The number of esters is 1. The highest BCUT2D eigenvalue weighted by Gasteiger charge is 2.39. The second kappa shape index (κ2) is 12.5. The number of hydrogen-bond acceptors (Lipinski definition) is 8. The number of imidazole rings is 1. The van der Waals surface area contributed by atoms with Gasteiger partial charge in [-0.2, -0.15) is 0 Å². The molecule has 10 heteroatoms. The number of aliphatic hydroxyl groups is 1. The van der Waals surface area contributed by atoms with E-state index >= 15 is 0 Å². The van der Waals surface area contributed by atoms with E-state index in [1.807, 2.05) is 60.7 Å². The van der Waals surface area contributed by atoms with Gasteiger partial charge in [-0.25, -0.2) is 9.78 Å². The van der Waals surface area contributed by atoms with Gasteiger partial charge in [0.05, 0.1) is 32.7 Å². The molecular weight excluding hydrogens is 474 g/mol. The standard InChI is InChI=1S/C27H33N5O5/c1-36-27(35)22-13-8-14-32(22)26(34)24(20-11-6-3-7-12-20)31-15-23(29-18-31)30-25(33)21(28)17-37-16-19-9-4-2-5-10-19/h2-7,9-12,15,18,21-22,24-25,30,33H,8,13-14,16-17,28H2,1H3/t21-,22-,24?,25+/m0/s1. The first kappa shape index (κ1) is 26.3. The number of carbonyl (C=O) groups excluding carboxylic acids is 2. The van der Waals surface area contributed by atoms with Crippen LogP contribution in [0.2, 0.25) is 0 Å². The van der Waals surface area contributed by atoms with Crippen molar-refractivity contribution in [2.75, 3.05) is 25.6 Å². The number of anilines is 1. The third kappa shape index (κ3) is 6.53. The van der Waals surface area contributed by atoms with E-state index < -0.39 is 30.3 Å². The van der Waals surface area contributed by atoms with Crippen LogP contribution in [0.5, 0.6) is 0 Å². The van der Waals surface area contributed by atoms with Gasteiger partial charge >= 0.3 is 5.97 Å². The Labute approximate surface area is 216 Å². The average Bonchev–Trinajstić information content (AvgIpc) is 3.60. The van der Waals surface area contributed by atoms with Gasteiger partial charge in [-0.3, -0.25) is 4.79 Å². The SMILES string of the molecule is COC(=O)[C@@H]1CCCN1C(=O)C(c1ccccc1)n1cnc(N[C@H](O)[C@@H](N)COCc2ccccc2)c1. The summed E-state index contributed by atoms with van der Waals surface area (Å²) in [5.74, 6) is -0.294. The van der Waals surface area contributed by atoms with E-state index in [1.165, 1.54) is 13.4 Å². The van der Waals surface area contributed by atoms with Gasteiger partial charge in [-0.1, -0.05) is 60.7 Å². The second-order valence-corrected chi connectivity index (χ2v) is 8.99. The molecule has 0 aliphatic carbocycles. The molecule has 1 saturated heterocycles. The Morgan fingerprint density at radius 1 is 1.16 bits per heavy atom. The fourth-order valence-electron chi connectivity index (χ4n) is 4.44. The van der Waals surface area contributed by atoms with E-state index in [9.17, 15) is 14.7 Å². The van der Waals surface area contributed by atoms with Crippen LogP contribution in [0.15, 0.2) is 73.2 Å². The largest absolute Gasteiger partial charge is 0.467 e. The van der Waals surface area contributed by atoms with E-state index in [0.717, 1.165) is 17.5 Å². The van der Waals surface area contributed by atoms with Crippen LogP contribution < -0.4 is 11.1 Å². The molecule has 2 aromatic carbocycles. The predicted octanol–water partition coefficient (Wildman–Crippen LogP) is 1.91. The Hall–Kier alpha value is -3.73. The fraction of sp³-hybridized carbons (Fsp3) is 0.370. The lowest BCUT2D eigenvalue weighted by Crippen LogP contribution is -2.44. The molecule has 1 amide bonds. The highest BCUT2D eigenvalue weighted by atomic mass is 16.5. The summed E-state index contributed by atoms with van der Waals surface area (Å²) in [6, 6.07) is 16.9. The molecule has 1 aliphatic heterocycles. The normalized spacial score (nSPS) is 17.7. The van der Waals surface area contributed by atoms with Crippen molar-refractivity contribution in [3.8, 4) is 0 Å². The minimum absolute atomic E-state index is 0.138. The Kier molecular flexibility index (Phi) is 8.89. The number of nitrogens with zero attached hydrogens (tertiary/aromatic N) is 3. The summed E-state index contributed by atoms with van der Waals surface area (Å²) in [5, 5.41) is 13.4. The number of ether oxygens (including phenoxy) is 2. The summed E-state index contributed by atoms with van der Waals surface area (Å²) in [6.45, 7) is 0.997. The molecule has 4 N–H and O–H groups in total. The van der Waals surface area contributed by atoms with Gasteiger partial charge in [-0.05, 0) is 24.0 Å². The van der Waals surface area contributed by atoms with E-state index in [1.54, 1.807) is 15.7 Å². The summed E-state index contributed by atoms with van der Waals surface area (Å²) >= 11 is 0. The number of carbonyl (C=O) groups is 2. The smallest absolute Gasteiger partial charge is 0.328 e. The van der Waals surface area contributed by atoms with Crippen LogP contribution in [0, 0.1) is 0 Å². The van der Waals surface area contributed by atoms with Crippen molar-refractivity contribution in [2.45, 2.75) is 43.8 Å². The number of nitrogens with one attached hydrogen (secondary N) is 1. The third-order valence-corrected chi connectivity index (χ3v) is 6.38. The lowest BCUT2D eigenvalue weighted by atomic mass is 10.0. The topological polar surface area (TPSA) is 132 Å². The van der Waals surface area contributed by atoms with Crippen LogP contribution in [-0.2, 0) is 25.7 Å². The monoisotopic (exact) mass is 507 g/mol. The van der Waals surface area contributed by atoms with Crippen LogP contribution in [0.25, 0.3) is 0 Å². The van der Waals surface area contributed by atoms with E-state index in [0.29, 0.717) is 25.4 Å². The maximum atomic E-state index is 13.7. The van der Waals surface area contributed by atoms with E-state index in [-0.39, 0.29) is 12.5 Å². The fourth-order valence-corrected chi connectivity index (χ4v) is 4.44. The van der Waals surface area contributed by atoms with Gasteiger partial charge in [0.25, 0.3) is 5.91 Å². The first-order valence-corrected chi connectivity index (χ1v) is 12.3. The van der Waals surface area contributed by atoms with Crippen LogP contribution in [0.3, 0.4) is 0 Å². The number of amides is 1. The number of methoxy groups -OCH3 is 1. The molecular formula is C27H33N5O5. The van der Waals surface area contributed by atoms with Gasteiger partial charge in [0.2, 0.25) is 0 Å². The first-order valence-electron chi connectivity index (χ1n) is 12.3. The number of benzene rings is 2. The molecule has 1 aliphatic rings. The molecule has 37 heavy (non-hydrogen) atoms. The van der Waals surface area contributed by atoms with Crippen LogP contribution in [0.1, 0.15) is 30.0 Å². The number of likely N-dealkylation sites (tertiary alicyclic amines) is 1. The summed E-state index contributed by atoms with van der Waals surface area (Å²) in [4.78, 5) is 31.9. The van der Waals surface area contributed by atoms with Crippen molar-refractivity contribution in [1.82, 2.24) is 14.5 Å². The van der Waals surface area contributed by atoms with Gasteiger partial charge in [0, 0.05) is 12.7 Å². The summed E-state index contributed by atoms with van der Waals surface area (Å²) in [6.07, 6.45) is 3.32. The number of rotatable bonds is 11. The molecule has 10 nitrogen and oxygen atoms in total. The van der Waals surface area contributed by atoms with Crippen LogP contribution in [-0.4, -0.2) is 70.0 Å². The van der Waals surface area contributed by atoms with Crippen molar-refractivity contribution >= 4 is 17.7 Å². The van der Waals surface area contributed by atoms with Crippen LogP contribution >= 0.6 is 0 Å². The molecule has 1 unspecified atom stereocenters. The summed E-state index contributed by atoms with van der Waals surface area (Å²) in [5.41, 5.74) is 7.86. The molecule has 4 rings (SSSR count). The van der Waals surface area contributed by atoms with Gasteiger partial charge in [0.15, 0.2) is 0 Å². The van der Waals surface area contributed by atoms with E-state index in [2.05, 4.69) is 10.3 Å². The van der Waals surface area contributed by atoms with Gasteiger partial charge in [0.1, 0.15) is 24.1 Å². The highest BCUT2D eigenvalue weighted by molar-refractivity contribution is 5.89. The lowest BCUT2D eigenvalue weighted by molar-refractivity contribution is -0.151. The maximum absolute atomic E-state index is 13.7. The van der Waals surface area contributed by atoms with Crippen molar-refractivity contribution in [3.05, 3.63) is 84.3 Å². The number of aromatic nitrogens is 2. The lowest BCUT2D eigenvalue weighted by Gasteiger charge is -2.28. The number of nitrogens with two attached hydrogens (primary N) is 1. The van der Waals surface area contributed by atoms with Gasteiger partial charge < -0.3 is 35.1 Å². The molecule has 0 saturated carbocycles. The predicted molar refractivity (Wildman–Crippen MR) is 137 cm³/mol. The zero-order valence-corrected chi connectivity index (χ0v) is 20.8. The minimum atomic E-state index is -1.12. The Morgan fingerprint density at radius 3 is 2.57 bits per heavy atom. The summed E-state index contributed by atoms with van der Waals surface area (Å²) < 4.78 is 12.2. The average molecular weight is 508 g/mol. The number of hydrogen-bond donors (Lipinski definition) is 3. The van der Waals surface area contributed by atoms with Gasteiger partial charge in [-0.15, -0.1) is 0 Å². The second-order valence-electron chi connectivity index (χ2n) is 8.99. The third-order valence-electron chi connectivity index (χ3n) is 6.38.